The lowest BCUT2D eigenvalue weighted by Gasteiger charge is -2.07. The zero-order chi connectivity index (χ0) is 12.0. The maximum Gasteiger partial charge on any atom is 0.239 e. The van der Waals surface area contributed by atoms with E-state index in [1.165, 1.54) is 0 Å². The highest BCUT2D eigenvalue weighted by Crippen LogP contribution is 2.10. The minimum absolute atomic E-state index is 0.0519. The molecule has 90 valence electrons. The zero-order valence-electron chi connectivity index (χ0n) is 8.86. The molecule has 1 rings (SSSR count). The van der Waals surface area contributed by atoms with Crippen molar-refractivity contribution in [3.63, 3.8) is 0 Å². The first-order chi connectivity index (χ1) is 7.67. The van der Waals surface area contributed by atoms with Crippen LogP contribution in [0.2, 0.25) is 0 Å². The van der Waals surface area contributed by atoms with Gasteiger partial charge in [0, 0.05) is 28.9 Å². The fourth-order valence-corrected chi connectivity index (χ4v) is 1.61. The molecule has 0 aliphatic heterocycles. The third kappa shape index (κ3) is 3.70. The summed E-state index contributed by atoms with van der Waals surface area (Å²) in [5.41, 5.74) is 2.22. The summed E-state index contributed by atoms with van der Waals surface area (Å²) in [6, 6.07) is 0. The van der Waals surface area contributed by atoms with E-state index in [0.29, 0.717) is 18.1 Å². The largest absolute Gasteiger partial charge is 0.367 e. The lowest BCUT2D eigenvalue weighted by Crippen LogP contribution is -2.16. The second-order valence-corrected chi connectivity index (χ2v) is 4.76. The standard InChI is InChI=1S/C8H14FN5OS/c1-2-16(15)4-3-11-7-6(9)5-12-8(13-7)14-10/h5H,2-4,10H2,1H3,(H2,11,12,13,14). The molecule has 0 amide bonds. The van der Waals surface area contributed by atoms with Gasteiger partial charge in [-0.25, -0.2) is 15.2 Å². The molecular weight excluding hydrogens is 233 g/mol. The molecule has 8 heteroatoms. The summed E-state index contributed by atoms with van der Waals surface area (Å²) in [6.07, 6.45) is 1.02. The van der Waals surface area contributed by atoms with Gasteiger partial charge in [-0.3, -0.25) is 9.63 Å². The van der Waals surface area contributed by atoms with Gasteiger partial charge in [0.05, 0.1) is 6.20 Å². The Morgan fingerprint density at radius 3 is 3.00 bits per heavy atom. The van der Waals surface area contributed by atoms with Crippen LogP contribution in [0.1, 0.15) is 6.92 Å². The first-order valence-corrected chi connectivity index (χ1v) is 6.24. The van der Waals surface area contributed by atoms with Crippen LogP contribution in [-0.2, 0) is 10.8 Å². The van der Waals surface area contributed by atoms with Gasteiger partial charge in [-0.15, -0.1) is 0 Å². The Labute approximate surface area is 95.3 Å². The molecule has 6 nitrogen and oxygen atoms in total. The van der Waals surface area contributed by atoms with Gasteiger partial charge in [0.15, 0.2) is 11.6 Å². The van der Waals surface area contributed by atoms with Gasteiger partial charge < -0.3 is 5.32 Å². The fourth-order valence-electron chi connectivity index (χ4n) is 0.988. The minimum Gasteiger partial charge on any atom is -0.367 e. The quantitative estimate of drug-likeness (QED) is 0.487. The van der Waals surface area contributed by atoms with E-state index in [9.17, 15) is 8.60 Å². The van der Waals surface area contributed by atoms with E-state index in [2.05, 4.69) is 20.7 Å². The van der Waals surface area contributed by atoms with Gasteiger partial charge >= 0.3 is 0 Å². The van der Waals surface area contributed by atoms with Crippen LogP contribution in [0.4, 0.5) is 16.2 Å². The van der Waals surface area contributed by atoms with E-state index in [0.717, 1.165) is 6.20 Å². The Hall–Kier alpha value is -1.28. The first kappa shape index (κ1) is 12.8. The number of hydrogen-bond donors (Lipinski definition) is 3. The number of nitrogen functional groups attached to an aromatic ring is 1. The molecule has 4 N–H and O–H groups in total. The zero-order valence-corrected chi connectivity index (χ0v) is 9.68. The van der Waals surface area contributed by atoms with Gasteiger partial charge in [0.1, 0.15) is 0 Å². The van der Waals surface area contributed by atoms with Crippen LogP contribution in [0, 0.1) is 5.82 Å². The summed E-state index contributed by atoms with van der Waals surface area (Å²) in [5, 5.41) is 2.74. The molecule has 0 saturated heterocycles. The summed E-state index contributed by atoms with van der Waals surface area (Å²) >= 11 is 0. The Bertz CT molecular complexity index is 375. The van der Waals surface area contributed by atoms with Crippen molar-refractivity contribution in [1.82, 2.24) is 9.97 Å². The lowest BCUT2D eigenvalue weighted by atomic mass is 10.5. The van der Waals surface area contributed by atoms with Crippen molar-refractivity contribution in [2.45, 2.75) is 6.92 Å². The van der Waals surface area contributed by atoms with Crippen molar-refractivity contribution in [1.29, 1.82) is 0 Å². The van der Waals surface area contributed by atoms with E-state index in [-0.39, 0.29) is 11.8 Å². The van der Waals surface area contributed by atoms with Gasteiger partial charge in [0.2, 0.25) is 5.95 Å². The average Bonchev–Trinajstić information content (AvgIpc) is 2.31. The van der Waals surface area contributed by atoms with Crippen LogP contribution >= 0.6 is 0 Å². The molecule has 1 aromatic rings. The minimum atomic E-state index is -0.883. The molecule has 0 saturated carbocycles. The van der Waals surface area contributed by atoms with E-state index in [1.54, 1.807) is 0 Å². The molecule has 0 aromatic carbocycles. The van der Waals surface area contributed by atoms with E-state index >= 15 is 0 Å². The van der Waals surface area contributed by atoms with Gasteiger partial charge in [0.25, 0.3) is 0 Å². The number of anilines is 2. The topological polar surface area (TPSA) is 92.9 Å². The van der Waals surface area contributed by atoms with Gasteiger partial charge in [-0.1, -0.05) is 6.92 Å². The third-order valence-electron chi connectivity index (χ3n) is 1.82. The molecule has 1 aromatic heterocycles. The van der Waals surface area contributed by atoms with Crippen molar-refractivity contribution in [3.8, 4) is 0 Å². The number of nitrogens with one attached hydrogen (secondary N) is 2. The smallest absolute Gasteiger partial charge is 0.239 e. The maximum atomic E-state index is 13.2. The summed E-state index contributed by atoms with van der Waals surface area (Å²) in [5.74, 6) is 5.74. The van der Waals surface area contributed by atoms with Crippen LogP contribution in [0.25, 0.3) is 0 Å². The number of halogens is 1. The highest BCUT2D eigenvalue weighted by Gasteiger charge is 2.06. The van der Waals surface area contributed by atoms with Crippen molar-refractivity contribution in [3.05, 3.63) is 12.0 Å². The number of nitrogens with zero attached hydrogens (tertiary/aromatic N) is 2. The van der Waals surface area contributed by atoms with Crippen molar-refractivity contribution < 1.29 is 8.60 Å². The van der Waals surface area contributed by atoms with Crippen molar-refractivity contribution >= 4 is 22.6 Å². The average molecular weight is 247 g/mol. The molecule has 1 unspecified atom stereocenters. The fraction of sp³-hybridized carbons (Fsp3) is 0.500. The monoisotopic (exact) mass is 247 g/mol. The second kappa shape index (κ2) is 6.33. The molecule has 0 radical (unpaired) electrons. The molecule has 0 aliphatic carbocycles. The van der Waals surface area contributed by atoms with E-state index in [1.807, 2.05) is 6.92 Å². The molecule has 0 spiro atoms. The van der Waals surface area contributed by atoms with Crippen molar-refractivity contribution in [2.75, 3.05) is 28.8 Å². The number of nitrogens with two attached hydrogens (primary N) is 1. The Morgan fingerprint density at radius 1 is 1.62 bits per heavy atom. The highest BCUT2D eigenvalue weighted by molar-refractivity contribution is 7.84. The summed E-state index contributed by atoms with van der Waals surface area (Å²) in [4.78, 5) is 7.38. The van der Waals surface area contributed by atoms with Gasteiger partial charge in [-0.2, -0.15) is 4.98 Å². The Morgan fingerprint density at radius 2 is 2.38 bits per heavy atom. The predicted molar refractivity (Wildman–Crippen MR) is 61.8 cm³/mol. The summed E-state index contributed by atoms with van der Waals surface area (Å²) < 4.78 is 24.3. The normalized spacial score (nSPS) is 12.2. The number of hydrogen-bond acceptors (Lipinski definition) is 6. The Balaban J connectivity index is 2.55. The molecule has 1 atom stereocenters. The molecular formula is C8H14FN5OS. The number of aromatic nitrogens is 2. The highest BCUT2D eigenvalue weighted by atomic mass is 32.2. The molecule has 1 heterocycles. The van der Waals surface area contributed by atoms with Crippen LogP contribution in [0.5, 0.6) is 0 Å². The molecule has 0 fully saturated rings. The van der Waals surface area contributed by atoms with Crippen LogP contribution in [-0.4, -0.2) is 32.2 Å². The second-order valence-electron chi connectivity index (χ2n) is 2.89. The molecule has 0 aliphatic rings. The predicted octanol–water partition coefficient (Wildman–Crippen LogP) is 0.0818. The number of rotatable bonds is 6. The van der Waals surface area contributed by atoms with Crippen molar-refractivity contribution in [2.24, 2.45) is 5.84 Å². The maximum absolute atomic E-state index is 13.2. The number of hydrazine groups is 1. The Kier molecular flexibility index (Phi) is 5.06. The van der Waals surface area contributed by atoms with E-state index < -0.39 is 16.6 Å². The van der Waals surface area contributed by atoms with Crippen LogP contribution < -0.4 is 16.6 Å². The lowest BCUT2D eigenvalue weighted by molar-refractivity contribution is 0.617. The molecule has 0 bridgehead atoms. The first-order valence-electron chi connectivity index (χ1n) is 4.75. The summed E-state index contributed by atoms with van der Waals surface area (Å²) in [7, 11) is -0.883. The molecule has 16 heavy (non-hydrogen) atoms. The summed E-state index contributed by atoms with van der Waals surface area (Å²) in [6.45, 7) is 2.22. The van der Waals surface area contributed by atoms with Crippen LogP contribution in [0.3, 0.4) is 0 Å². The van der Waals surface area contributed by atoms with Crippen LogP contribution in [0.15, 0.2) is 6.20 Å². The SMILES string of the molecule is CCS(=O)CCNc1nc(NN)ncc1F. The van der Waals surface area contributed by atoms with Gasteiger partial charge in [-0.05, 0) is 0 Å². The van der Waals surface area contributed by atoms with E-state index in [4.69, 9.17) is 5.84 Å². The third-order valence-corrected chi connectivity index (χ3v) is 3.12.